The Morgan fingerprint density at radius 2 is 2.10 bits per heavy atom. The molecular formula is C13H19N3O4S. The zero-order chi connectivity index (χ0) is 15.5. The van der Waals surface area contributed by atoms with Crippen molar-refractivity contribution in [2.24, 2.45) is 0 Å². The number of likely N-dealkylation sites (N-methyl/N-ethyl adjacent to an activating group) is 1. The molecule has 0 unspecified atom stereocenters. The van der Waals surface area contributed by atoms with Crippen LogP contribution in [0, 0.1) is 0 Å². The lowest BCUT2D eigenvalue weighted by molar-refractivity contribution is -0.132. The number of carbonyl (C=O) groups is 1. The van der Waals surface area contributed by atoms with Gasteiger partial charge >= 0.3 is 0 Å². The Hall–Kier alpha value is -1.80. The van der Waals surface area contributed by atoms with Crippen molar-refractivity contribution in [1.82, 2.24) is 9.21 Å². The molecule has 1 aliphatic rings. The molecule has 1 fully saturated rings. The molecule has 7 nitrogen and oxygen atoms in total. The van der Waals surface area contributed by atoms with Gasteiger partial charge in [-0.25, -0.2) is 8.42 Å². The van der Waals surface area contributed by atoms with Crippen molar-refractivity contribution in [3.63, 3.8) is 0 Å². The van der Waals surface area contributed by atoms with Gasteiger partial charge in [-0.1, -0.05) is 6.07 Å². The second-order valence-electron chi connectivity index (χ2n) is 4.89. The van der Waals surface area contributed by atoms with E-state index in [1.165, 1.54) is 9.21 Å². The molecule has 1 aromatic rings. The fraction of sp³-hybridized carbons (Fsp3) is 0.462. The number of rotatable bonds is 5. The quantitative estimate of drug-likeness (QED) is 0.757. The van der Waals surface area contributed by atoms with E-state index in [1.54, 1.807) is 31.3 Å². The first-order chi connectivity index (χ1) is 9.88. The molecule has 0 atom stereocenters. The van der Waals surface area contributed by atoms with Crippen molar-refractivity contribution < 1.29 is 17.9 Å². The number of nitrogens with two attached hydrogens (primary N) is 1. The summed E-state index contributed by atoms with van der Waals surface area (Å²) in [7, 11) is -1.83. The van der Waals surface area contributed by atoms with E-state index in [2.05, 4.69) is 0 Å². The Bertz CT molecular complexity index is 618. The van der Waals surface area contributed by atoms with Crippen molar-refractivity contribution in [3.05, 3.63) is 24.3 Å². The molecule has 0 aliphatic carbocycles. The summed E-state index contributed by atoms with van der Waals surface area (Å²) >= 11 is 0. The van der Waals surface area contributed by atoms with Gasteiger partial charge in [0.2, 0.25) is 15.9 Å². The number of benzene rings is 1. The molecule has 0 spiro atoms. The second-order valence-corrected chi connectivity index (χ2v) is 6.97. The van der Waals surface area contributed by atoms with Crippen LogP contribution in [0.25, 0.3) is 0 Å². The minimum atomic E-state index is -3.49. The topological polar surface area (TPSA) is 92.9 Å². The summed E-state index contributed by atoms with van der Waals surface area (Å²) in [5, 5.41) is 0. The Morgan fingerprint density at radius 3 is 2.76 bits per heavy atom. The summed E-state index contributed by atoms with van der Waals surface area (Å²) < 4.78 is 30.9. The highest BCUT2D eigenvalue weighted by Crippen LogP contribution is 2.15. The molecule has 1 heterocycles. The molecule has 1 amide bonds. The smallest absolute Gasteiger partial charge is 0.237 e. The van der Waals surface area contributed by atoms with Crippen LogP contribution < -0.4 is 10.5 Å². The molecule has 1 aromatic carbocycles. The number of hydrogen-bond acceptors (Lipinski definition) is 5. The Kier molecular flexibility index (Phi) is 4.69. The minimum absolute atomic E-state index is 0.0202. The van der Waals surface area contributed by atoms with Crippen molar-refractivity contribution in [1.29, 1.82) is 0 Å². The van der Waals surface area contributed by atoms with Crippen LogP contribution in [0.1, 0.15) is 0 Å². The third-order valence-electron chi connectivity index (χ3n) is 3.28. The molecule has 2 N–H and O–H groups in total. The van der Waals surface area contributed by atoms with Gasteiger partial charge in [-0.2, -0.15) is 4.31 Å². The van der Waals surface area contributed by atoms with E-state index in [1.807, 2.05) is 0 Å². The van der Waals surface area contributed by atoms with Crippen molar-refractivity contribution >= 4 is 21.6 Å². The van der Waals surface area contributed by atoms with E-state index in [4.69, 9.17) is 10.5 Å². The monoisotopic (exact) mass is 313 g/mol. The van der Waals surface area contributed by atoms with E-state index in [-0.39, 0.29) is 24.8 Å². The number of sulfonamides is 1. The highest BCUT2D eigenvalue weighted by atomic mass is 32.2. The van der Waals surface area contributed by atoms with Crippen molar-refractivity contribution in [2.45, 2.75) is 0 Å². The summed E-state index contributed by atoms with van der Waals surface area (Å²) in [5.74, 6) is 0.167. The van der Waals surface area contributed by atoms with Gasteiger partial charge in [0.1, 0.15) is 12.4 Å². The van der Waals surface area contributed by atoms with Gasteiger partial charge in [0.05, 0.1) is 12.3 Å². The lowest BCUT2D eigenvalue weighted by Gasteiger charge is -2.31. The van der Waals surface area contributed by atoms with E-state index in [0.717, 1.165) is 0 Å². The molecule has 8 heteroatoms. The van der Waals surface area contributed by atoms with Crippen LogP contribution >= 0.6 is 0 Å². The van der Waals surface area contributed by atoms with Crippen LogP contribution in [0.2, 0.25) is 0 Å². The highest BCUT2D eigenvalue weighted by molar-refractivity contribution is 7.89. The summed E-state index contributed by atoms with van der Waals surface area (Å²) in [6.07, 6.45) is 0. The number of amides is 1. The standard InChI is InChI=1S/C13H19N3O4S/c1-15-5-6-16(10-13(15)17)21(18,19)8-7-20-12-4-2-3-11(14)9-12/h2-4,9H,5-8,10,14H2,1H3. The van der Waals surface area contributed by atoms with Gasteiger partial charge < -0.3 is 15.4 Å². The first kappa shape index (κ1) is 15.6. The molecule has 116 valence electrons. The Balaban J connectivity index is 1.88. The number of anilines is 1. The van der Waals surface area contributed by atoms with E-state index in [0.29, 0.717) is 24.5 Å². The number of carbonyl (C=O) groups excluding carboxylic acids is 1. The molecule has 0 radical (unpaired) electrons. The number of piperazine rings is 1. The highest BCUT2D eigenvalue weighted by Gasteiger charge is 2.29. The molecule has 0 aromatic heterocycles. The third kappa shape index (κ3) is 4.08. The molecule has 21 heavy (non-hydrogen) atoms. The van der Waals surface area contributed by atoms with Crippen LogP contribution in [0.4, 0.5) is 5.69 Å². The van der Waals surface area contributed by atoms with Crippen LogP contribution in [0.15, 0.2) is 24.3 Å². The molecule has 0 saturated carbocycles. The van der Waals surface area contributed by atoms with Gasteiger partial charge in [-0.3, -0.25) is 4.79 Å². The van der Waals surface area contributed by atoms with Gasteiger partial charge in [-0.15, -0.1) is 0 Å². The summed E-state index contributed by atoms with van der Waals surface area (Å²) in [6, 6.07) is 6.80. The Labute approximate surface area is 124 Å². The first-order valence-electron chi connectivity index (χ1n) is 6.58. The largest absolute Gasteiger partial charge is 0.492 e. The van der Waals surface area contributed by atoms with Crippen molar-refractivity contribution in [2.75, 3.05) is 44.8 Å². The molecule has 2 rings (SSSR count). The molecule has 1 aliphatic heterocycles. The fourth-order valence-corrected chi connectivity index (χ4v) is 3.19. The number of ether oxygens (including phenoxy) is 1. The van der Waals surface area contributed by atoms with Crippen LogP contribution in [0.3, 0.4) is 0 Å². The maximum Gasteiger partial charge on any atom is 0.237 e. The number of hydrogen-bond donors (Lipinski definition) is 1. The zero-order valence-corrected chi connectivity index (χ0v) is 12.7. The van der Waals surface area contributed by atoms with Gasteiger partial charge in [-0.05, 0) is 12.1 Å². The second kappa shape index (κ2) is 6.31. The van der Waals surface area contributed by atoms with Crippen LogP contribution in [-0.2, 0) is 14.8 Å². The zero-order valence-electron chi connectivity index (χ0n) is 11.9. The predicted molar refractivity (Wildman–Crippen MR) is 79.3 cm³/mol. The van der Waals surface area contributed by atoms with E-state index in [9.17, 15) is 13.2 Å². The average molecular weight is 313 g/mol. The molecule has 1 saturated heterocycles. The molecule has 0 bridgehead atoms. The Morgan fingerprint density at radius 1 is 1.33 bits per heavy atom. The predicted octanol–water partition coefficient (Wildman–Crippen LogP) is -0.249. The summed E-state index contributed by atoms with van der Waals surface area (Å²) in [4.78, 5) is 13.1. The SMILES string of the molecule is CN1CCN(S(=O)(=O)CCOc2cccc(N)c2)CC1=O. The van der Waals surface area contributed by atoms with Gasteiger partial charge in [0.25, 0.3) is 0 Å². The number of nitrogen functional groups attached to an aromatic ring is 1. The number of nitrogens with zero attached hydrogens (tertiary/aromatic N) is 2. The lowest BCUT2D eigenvalue weighted by Crippen LogP contribution is -2.51. The van der Waals surface area contributed by atoms with Crippen LogP contribution in [-0.4, -0.2) is 62.6 Å². The third-order valence-corrected chi connectivity index (χ3v) is 5.06. The van der Waals surface area contributed by atoms with Crippen molar-refractivity contribution in [3.8, 4) is 5.75 Å². The molecular weight excluding hydrogens is 294 g/mol. The first-order valence-corrected chi connectivity index (χ1v) is 8.19. The van der Waals surface area contributed by atoms with E-state index < -0.39 is 10.0 Å². The maximum atomic E-state index is 12.1. The average Bonchev–Trinajstić information content (AvgIpc) is 2.41. The summed E-state index contributed by atoms with van der Waals surface area (Å²) in [6.45, 7) is 0.653. The normalized spacial score (nSPS) is 17.0. The lowest BCUT2D eigenvalue weighted by atomic mass is 10.3. The summed E-state index contributed by atoms with van der Waals surface area (Å²) in [5.41, 5.74) is 6.17. The van der Waals surface area contributed by atoms with Gasteiger partial charge in [0.15, 0.2) is 0 Å². The maximum absolute atomic E-state index is 12.1. The van der Waals surface area contributed by atoms with Gasteiger partial charge in [0, 0.05) is 31.9 Å². The van der Waals surface area contributed by atoms with Crippen LogP contribution in [0.5, 0.6) is 5.75 Å². The minimum Gasteiger partial charge on any atom is -0.492 e. The fourth-order valence-electron chi connectivity index (χ4n) is 1.97. The van der Waals surface area contributed by atoms with E-state index >= 15 is 0 Å².